The third-order valence-corrected chi connectivity index (χ3v) is 4.70. The number of pyridine rings is 1. The van der Waals surface area contributed by atoms with Crippen molar-refractivity contribution in [3.63, 3.8) is 0 Å². The molecule has 1 atom stereocenters. The Labute approximate surface area is 189 Å². The van der Waals surface area contributed by atoms with E-state index in [9.17, 15) is 13.2 Å². The first kappa shape index (κ1) is 23.5. The lowest BCUT2D eigenvalue weighted by atomic mass is 10.2. The topological polar surface area (TPSA) is 84.9 Å². The second-order valence-corrected chi connectivity index (χ2v) is 7.35. The van der Waals surface area contributed by atoms with Gasteiger partial charge in [0.25, 0.3) is 0 Å². The number of anilines is 1. The molecule has 3 rings (SSSR count). The summed E-state index contributed by atoms with van der Waals surface area (Å²) in [5.74, 6) is 1.39. The van der Waals surface area contributed by atoms with E-state index in [2.05, 4.69) is 29.5 Å². The molecule has 0 saturated heterocycles. The Bertz CT molecular complexity index is 1170. The molecule has 0 spiro atoms. The number of amidine groups is 2. The van der Waals surface area contributed by atoms with E-state index in [0.29, 0.717) is 34.3 Å². The van der Waals surface area contributed by atoms with Gasteiger partial charge in [0.15, 0.2) is 0 Å². The van der Waals surface area contributed by atoms with Gasteiger partial charge < -0.3 is 15.8 Å². The van der Waals surface area contributed by atoms with Crippen LogP contribution in [0.1, 0.15) is 11.3 Å². The fourth-order valence-electron chi connectivity index (χ4n) is 2.59. The Morgan fingerprint density at radius 1 is 1.09 bits per heavy atom. The minimum atomic E-state index is -4.55. The first-order valence-corrected chi connectivity index (χ1v) is 10.1. The predicted molar refractivity (Wildman–Crippen MR) is 124 cm³/mol. The Kier molecular flexibility index (Phi) is 7.33. The molecule has 11 heteroatoms. The average Bonchev–Trinajstić information content (AvgIpc) is 2.75. The molecule has 0 saturated carbocycles. The molecular weight excluding hydrogens is 462 g/mol. The van der Waals surface area contributed by atoms with Gasteiger partial charge in [-0.1, -0.05) is 20.8 Å². The number of rotatable bonds is 5. The Morgan fingerprint density at radius 3 is 2.47 bits per heavy atom. The Balaban J connectivity index is 1.70. The van der Waals surface area contributed by atoms with E-state index >= 15 is 0 Å². The van der Waals surface area contributed by atoms with Gasteiger partial charge in [-0.25, -0.2) is 4.99 Å². The molecule has 0 aliphatic carbocycles. The summed E-state index contributed by atoms with van der Waals surface area (Å²) >= 11 is 5.64. The van der Waals surface area contributed by atoms with E-state index in [1.807, 2.05) is 0 Å². The molecule has 32 heavy (non-hydrogen) atoms. The lowest BCUT2D eigenvalue weighted by Gasteiger charge is -2.12. The van der Waals surface area contributed by atoms with Gasteiger partial charge in [-0.2, -0.15) is 13.2 Å². The van der Waals surface area contributed by atoms with Crippen molar-refractivity contribution in [1.29, 1.82) is 0 Å². The van der Waals surface area contributed by atoms with E-state index in [1.54, 1.807) is 49.6 Å². The van der Waals surface area contributed by atoms with Crippen LogP contribution in [-0.2, 0) is 6.18 Å². The summed E-state index contributed by atoms with van der Waals surface area (Å²) in [5, 5.41) is 2.43. The van der Waals surface area contributed by atoms with Crippen LogP contribution in [0.5, 0.6) is 11.5 Å². The van der Waals surface area contributed by atoms with Crippen molar-refractivity contribution in [2.24, 2.45) is 15.7 Å². The van der Waals surface area contributed by atoms with Gasteiger partial charge in [-0.05, 0) is 48.5 Å². The van der Waals surface area contributed by atoms with Gasteiger partial charge >= 0.3 is 6.18 Å². The number of nitrogens with two attached hydrogens (primary N) is 1. The number of benzene rings is 2. The molecule has 3 aromatic rings. The number of halogens is 4. The van der Waals surface area contributed by atoms with Crippen molar-refractivity contribution in [3.8, 4) is 11.5 Å². The fraction of sp³-hybridized carbons (Fsp3) is 0.0952. The lowest BCUT2D eigenvalue weighted by molar-refractivity contribution is -0.137. The number of ether oxygens (including phenoxy) is 1. The van der Waals surface area contributed by atoms with Crippen LogP contribution in [0, 0.1) is 0 Å². The normalized spacial score (nSPS) is 12.6. The zero-order valence-electron chi connectivity index (χ0n) is 16.7. The molecule has 0 radical (unpaired) electrons. The largest absolute Gasteiger partial charge is 0.457 e. The van der Waals surface area contributed by atoms with E-state index in [-0.39, 0.29) is 10.7 Å². The zero-order valence-corrected chi connectivity index (χ0v) is 18.6. The van der Waals surface area contributed by atoms with Gasteiger partial charge in [0.05, 0.1) is 16.3 Å². The summed E-state index contributed by atoms with van der Waals surface area (Å²) in [5.41, 5.74) is 6.44. The van der Waals surface area contributed by atoms with E-state index in [0.717, 1.165) is 6.07 Å². The molecule has 3 N–H and O–H groups in total. The van der Waals surface area contributed by atoms with Crippen LogP contribution in [0.15, 0.2) is 70.8 Å². The van der Waals surface area contributed by atoms with Crippen molar-refractivity contribution >= 4 is 43.6 Å². The number of nitrogens with one attached hydrogen (secondary N) is 1. The highest BCUT2D eigenvalue weighted by Gasteiger charge is 2.33. The van der Waals surface area contributed by atoms with Crippen molar-refractivity contribution in [1.82, 2.24) is 4.98 Å². The molecule has 1 heterocycles. The van der Waals surface area contributed by atoms with E-state index in [1.165, 1.54) is 12.1 Å². The van der Waals surface area contributed by atoms with Crippen molar-refractivity contribution < 1.29 is 17.9 Å². The van der Waals surface area contributed by atoms with Gasteiger partial charge in [-0.15, -0.1) is 0 Å². The highest BCUT2D eigenvalue weighted by atomic mass is 35.5. The van der Waals surface area contributed by atoms with Crippen molar-refractivity contribution in [2.45, 2.75) is 6.18 Å². The minimum Gasteiger partial charge on any atom is -0.457 e. The first-order valence-electron chi connectivity index (χ1n) is 9.10. The third-order valence-electron chi connectivity index (χ3n) is 4.10. The second kappa shape index (κ2) is 9.97. The van der Waals surface area contributed by atoms with Crippen LogP contribution in [0.25, 0.3) is 0 Å². The van der Waals surface area contributed by atoms with Gasteiger partial charge in [0.2, 0.25) is 0 Å². The number of hydrogen-bond acceptors (Lipinski definition) is 4. The first-order chi connectivity index (χ1) is 15.2. The highest BCUT2D eigenvalue weighted by Crippen LogP contribution is 2.36. The standard InChI is InChI=1S/C21H18ClF3N5OP/c1-27-19(26)18-11-15(8-9-28-18)31-14-5-2-12(3-6-14)29-20(32)30-13-4-7-17(22)16(10-13)21(23,24)25/h2-11H,32H2,1H3,(H2,26,27)(H,29,30). The smallest absolute Gasteiger partial charge is 0.417 e. The van der Waals surface area contributed by atoms with Crippen molar-refractivity contribution in [2.75, 3.05) is 12.4 Å². The maximum atomic E-state index is 13.0. The summed E-state index contributed by atoms with van der Waals surface area (Å²) < 4.78 is 44.8. The number of alkyl halides is 3. The van der Waals surface area contributed by atoms with Crippen LogP contribution >= 0.6 is 20.8 Å². The molecule has 1 unspecified atom stereocenters. The van der Waals surface area contributed by atoms with Gasteiger partial charge in [0.1, 0.15) is 28.6 Å². The molecule has 0 amide bonds. The predicted octanol–water partition coefficient (Wildman–Crippen LogP) is 5.86. The number of aliphatic imine (C=N–C) groups is 2. The third kappa shape index (κ3) is 6.18. The Morgan fingerprint density at radius 2 is 1.81 bits per heavy atom. The molecule has 166 valence electrons. The summed E-state index contributed by atoms with van der Waals surface area (Å²) in [6.07, 6.45) is -2.98. The highest BCUT2D eigenvalue weighted by molar-refractivity contribution is 7.41. The molecular formula is C21H18ClF3N5OP. The average molecular weight is 480 g/mol. The maximum Gasteiger partial charge on any atom is 0.417 e. The Hall–Kier alpha value is -3.16. The van der Waals surface area contributed by atoms with E-state index < -0.39 is 11.7 Å². The molecule has 6 nitrogen and oxygen atoms in total. The quantitative estimate of drug-likeness (QED) is 0.273. The fourth-order valence-corrected chi connectivity index (χ4v) is 3.13. The van der Waals surface area contributed by atoms with Crippen molar-refractivity contribution in [3.05, 3.63) is 77.1 Å². The summed E-state index contributed by atoms with van der Waals surface area (Å²) in [7, 11) is 3.91. The molecule has 0 aliphatic rings. The second-order valence-electron chi connectivity index (χ2n) is 6.40. The number of nitrogens with zero attached hydrogens (tertiary/aromatic N) is 3. The molecule has 1 aromatic heterocycles. The molecule has 2 aromatic carbocycles. The van der Waals surface area contributed by atoms with Crippen LogP contribution in [0.2, 0.25) is 5.02 Å². The molecule has 0 aliphatic heterocycles. The van der Waals surface area contributed by atoms with Gasteiger partial charge in [-0.3, -0.25) is 9.98 Å². The van der Waals surface area contributed by atoms with Crippen LogP contribution in [0.4, 0.5) is 24.5 Å². The number of hydrogen-bond donors (Lipinski definition) is 2. The summed E-state index contributed by atoms with van der Waals surface area (Å²) in [4.78, 5) is 12.3. The SMILES string of the molecule is CN=C(N)c1cc(Oc2ccc(N=C(P)Nc3ccc(Cl)c(C(F)(F)F)c3)cc2)ccn1. The summed E-state index contributed by atoms with van der Waals surface area (Å²) in [6.45, 7) is 0. The number of aromatic nitrogens is 1. The monoisotopic (exact) mass is 479 g/mol. The van der Waals surface area contributed by atoms with Crippen LogP contribution in [0.3, 0.4) is 0 Å². The van der Waals surface area contributed by atoms with Crippen LogP contribution < -0.4 is 15.8 Å². The van der Waals surface area contributed by atoms with E-state index in [4.69, 9.17) is 22.1 Å². The molecule has 0 bridgehead atoms. The zero-order chi connectivity index (χ0) is 23.3. The lowest BCUT2D eigenvalue weighted by Crippen LogP contribution is -2.14. The van der Waals surface area contributed by atoms with Crippen LogP contribution in [-0.4, -0.2) is 23.4 Å². The summed E-state index contributed by atoms with van der Waals surface area (Å²) in [6, 6.07) is 13.7. The maximum absolute atomic E-state index is 13.0. The minimum absolute atomic E-state index is 0.207. The van der Waals surface area contributed by atoms with Gasteiger partial charge in [0, 0.05) is 25.0 Å². The molecule has 0 fully saturated rings.